The Hall–Kier alpha value is -1.99. The molecule has 3 N–H and O–H groups in total. The Kier molecular flexibility index (Phi) is 6.69. The fraction of sp³-hybridized carbons (Fsp3) is 0.588. The van der Waals surface area contributed by atoms with Gasteiger partial charge in [-0.05, 0) is 37.0 Å². The second-order valence-corrected chi connectivity index (χ2v) is 6.14. The summed E-state index contributed by atoms with van der Waals surface area (Å²) in [6.07, 6.45) is 5.54. The Bertz CT molecular complexity index is 552. The van der Waals surface area contributed by atoms with Gasteiger partial charge in [0, 0.05) is 18.9 Å². The molecule has 0 bridgehead atoms. The quantitative estimate of drug-likeness (QED) is 0.516. The Balaban J connectivity index is 2.19. The molecule has 1 aliphatic heterocycles. The highest BCUT2D eigenvalue weighted by Crippen LogP contribution is 2.34. The van der Waals surface area contributed by atoms with Crippen molar-refractivity contribution in [1.29, 1.82) is 0 Å². The first-order chi connectivity index (χ1) is 11.6. The highest BCUT2D eigenvalue weighted by Gasteiger charge is 2.38. The lowest BCUT2D eigenvalue weighted by atomic mass is 9.93. The number of nitrogens with zero attached hydrogens (tertiary/aromatic N) is 2. The third-order valence-corrected chi connectivity index (χ3v) is 4.57. The monoisotopic (exact) mass is 335 g/mol. The molecule has 3 unspecified atom stereocenters. The lowest BCUT2D eigenvalue weighted by molar-refractivity contribution is -0.151. The smallest absolute Gasteiger partial charge is 0.272 e. The molecule has 0 radical (unpaired) electrons. The van der Waals surface area contributed by atoms with E-state index in [-0.39, 0.29) is 11.9 Å². The van der Waals surface area contributed by atoms with Crippen LogP contribution in [0.5, 0.6) is 0 Å². The van der Waals surface area contributed by atoms with Crippen molar-refractivity contribution in [2.24, 2.45) is 5.92 Å². The van der Waals surface area contributed by atoms with Crippen LogP contribution in [0.25, 0.3) is 0 Å². The van der Waals surface area contributed by atoms with Gasteiger partial charge in [0.2, 0.25) is 5.91 Å². The summed E-state index contributed by atoms with van der Waals surface area (Å²) < 4.78 is 0. The van der Waals surface area contributed by atoms with Gasteiger partial charge in [0.05, 0.1) is 12.0 Å². The summed E-state index contributed by atoms with van der Waals surface area (Å²) in [6.45, 7) is 2.58. The van der Waals surface area contributed by atoms with Crippen LogP contribution >= 0.6 is 0 Å². The summed E-state index contributed by atoms with van der Waals surface area (Å²) in [4.78, 5) is 30.3. The van der Waals surface area contributed by atoms with E-state index in [1.807, 2.05) is 19.1 Å². The van der Waals surface area contributed by atoms with Crippen molar-refractivity contribution in [3.05, 3.63) is 30.1 Å². The van der Waals surface area contributed by atoms with Crippen LogP contribution in [-0.2, 0) is 9.59 Å². The summed E-state index contributed by atoms with van der Waals surface area (Å²) in [5, 5.41) is 18.9. The first kappa shape index (κ1) is 18.4. The number of aromatic nitrogens is 1. The predicted octanol–water partition coefficient (Wildman–Crippen LogP) is 1.42. The second-order valence-electron chi connectivity index (χ2n) is 6.14. The molecule has 132 valence electrons. The van der Waals surface area contributed by atoms with E-state index in [1.165, 1.54) is 5.48 Å². The molecule has 7 heteroatoms. The van der Waals surface area contributed by atoms with Crippen LogP contribution < -0.4 is 5.48 Å². The molecule has 2 rings (SSSR count). The zero-order valence-electron chi connectivity index (χ0n) is 13.9. The maximum Gasteiger partial charge on any atom is 0.272 e. The minimum atomic E-state index is -1.55. The van der Waals surface area contributed by atoms with Gasteiger partial charge in [0.25, 0.3) is 5.91 Å². The molecule has 3 atom stereocenters. The molecule has 7 nitrogen and oxygen atoms in total. The highest BCUT2D eigenvalue weighted by molar-refractivity contribution is 5.89. The number of nitrogens with one attached hydrogen (secondary N) is 1. The molecule has 0 aliphatic carbocycles. The Morgan fingerprint density at radius 3 is 2.75 bits per heavy atom. The topological polar surface area (TPSA) is 103 Å². The Labute approximate surface area is 141 Å². The predicted molar refractivity (Wildman–Crippen MR) is 86.9 cm³/mol. The average Bonchev–Trinajstić information content (AvgIpc) is 3.11. The van der Waals surface area contributed by atoms with Crippen LogP contribution in [0.3, 0.4) is 0 Å². The van der Waals surface area contributed by atoms with Gasteiger partial charge in [-0.2, -0.15) is 0 Å². The van der Waals surface area contributed by atoms with Crippen LogP contribution in [0.1, 0.15) is 50.6 Å². The molecule has 1 saturated heterocycles. The number of likely N-dealkylation sites (tertiary alicyclic amines) is 1. The fourth-order valence-corrected chi connectivity index (χ4v) is 3.26. The number of unbranched alkanes of at least 4 members (excludes halogenated alkanes) is 1. The minimum Gasteiger partial charge on any atom is -0.382 e. The zero-order chi connectivity index (χ0) is 17.5. The van der Waals surface area contributed by atoms with Crippen molar-refractivity contribution < 1.29 is 19.9 Å². The Morgan fingerprint density at radius 2 is 2.12 bits per heavy atom. The summed E-state index contributed by atoms with van der Waals surface area (Å²) in [7, 11) is 0. The van der Waals surface area contributed by atoms with Gasteiger partial charge in [-0.25, -0.2) is 5.48 Å². The first-order valence-corrected chi connectivity index (χ1v) is 8.42. The molecular weight excluding hydrogens is 310 g/mol. The number of hydrogen-bond acceptors (Lipinski definition) is 5. The number of pyridine rings is 1. The molecule has 2 amide bonds. The highest BCUT2D eigenvalue weighted by atomic mass is 16.5. The number of amides is 2. The minimum absolute atomic E-state index is 0.0611. The molecule has 1 aromatic rings. The van der Waals surface area contributed by atoms with E-state index in [1.54, 1.807) is 17.3 Å². The van der Waals surface area contributed by atoms with E-state index in [2.05, 4.69) is 4.98 Å². The summed E-state index contributed by atoms with van der Waals surface area (Å²) >= 11 is 0. The second kappa shape index (κ2) is 8.75. The van der Waals surface area contributed by atoms with Crippen molar-refractivity contribution in [2.45, 2.75) is 51.2 Å². The largest absolute Gasteiger partial charge is 0.382 e. The molecule has 2 heterocycles. The fourth-order valence-electron chi connectivity index (χ4n) is 3.26. The standard InChI is InChI=1S/C17H25N3O4/c1-2-3-5-13(15(21)16(22)19-24)17(23)20-11-4-6-14(20)12-7-9-18-10-8-12/h7-10,13-15,21,24H,2-6,11H2,1H3,(H,19,22). The van der Waals surface area contributed by atoms with Crippen molar-refractivity contribution >= 4 is 11.8 Å². The van der Waals surface area contributed by atoms with Gasteiger partial charge < -0.3 is 10.0 Å². The zero-order valence-corrected chi connectivity index (χ0v) is 13.9. The summed E-state index contributed by atoms with van der Waals surface area (Å²) in [5.41, 5.74) is 2.45. The SMILES string of the molecule is CCCCC(C(=O)N1CCCC1c1ccncc1)C(O)C(=O)NO. The number of carbonyl (C=O) groups excluding carboxylic acids is 2. The van der Waals surface area contributed by atoms with Gasteiger partial charge in [-0.1, -0.05) is 19.8 Å². The first-order valence-electron chi connectivity index (χ1n) is 8.42. The number of carbonyl (C=O) groups is 2. The molecule has 0 saturated carbocycles. The van der Waals surface area contributed by atoms with Crippen LogP contribution in [0.2, 0.25) is 0 Å². The van der Waals surface area contributed by atoms with Crippen LogP contribution in [0.4, 0.5) is 0 Å². The van der Waals surface area contributed by atoms with E-state index in [0.29, 0.717) is 13.0 Å². The van der Waals surface area contributed by atoms with Crippen LogP contribution in [0.15, 0.2) is 24.5 Å². The third-order valence-electron chi connectivity index (χ3n) is 4.57. The molecule has 1 aromatic heterocycles. The van der Waals surface area contributed by atoms with Crippen LogP contribution in [-0.4, -0.2) is 44.7 Å². The van der Waals surface area contributed by atoms with Gasteiger partial charge in [0.1, 0.15) is 6.10 Å². The maximum absolute atomic E-state index is 13.0. The van der Waals surface area contributed by atoms with E-state index in [9.17, 15) is 14.7 Å². The van der Waals surface area contributed by atoms with Gasteiger partial charge >= 0.3 is 0 Å². The molecule has 1 aliphatic rings. The summed E-state index contributed by atoms with van der Waals surface area (Å²) in [6, 6.07) is 3.71. The van der Waals surface area contributed by atoms with E-state index in [0.717, 1.165) is 31.2 Å². The van der Waals surface area contributed by atoms with Gasteiger partial charge in [0.15, 0.2) is 0 Å². The number of hydrogen-bond donors (Lipinski definition) is 3. The van der Waals surface area contributed by atoms with Crippen molar-refractivity contribution in [3.8, 4) is 0 Å². The van der Waals surface area contributed by atoms with Gasteiger partial charge in [-0.15, -0.1) is 0 Å². The van der Waals surface area contributed by atoms with E-state index >= 15 is 0 Å². The Morgan fingerprint density at radius 1 is 1.42 bits per heavy atom. The van der Waals surface area contributed by atoms with Crippen molar-refractivity contribution in [3.63, 3.8) is 0 Å². The lowest BCUT2D eigenvalue weighted by Gasteiger charge is -2.30. The number of aliphatic hydroxyl groups excluding tert-OH is 1. The van der Waals surface area contributed by atoms with Crippen molar-refractivity contribution in [1.82, 2.24) is 15.4 Å². The molecule has 0 aromatic carbocycles. The van der Waals surface area contributed by atoms with E-state index < -0.39 is 17.9 Å². The molecule has 1 fully saturated rings. The van der Waals surface area contributed by atoms with E-state index in [4.69, 9.17) is 5.21 Å². The summed E-state index contributed by atoms with van der Waals surface area (Å²) in [5.74, 6) is -2.03. The number of aliphatic hydroxyl groups is 1. The van der Waals surface area contributed by atoms with Crippen molar-refractivity contribution in [2.75, 3.05) is 6.54 Å². The lowest BCUT2D eigenvalue weighted by Crippen LogP contribution is -2.46. The average molecular weight is 335 g/mol. The molecule has 0 spiro atoms. The van der Waals surface area contributed by atoms with Gasteiger partial charge in [-0.3, -0.25) is 19.8 Å². The molecular formula is C17H25N3O4. The maximum atomic E-state index is 13.0. The third kappa shape index (κ3) is 4.10. The number of rotatable bonds is 7. The molecule has 24 heavy (non-hydrogen) atoms. The van der Waals surface area contributed by atoms with Crippen LogP contribution in [0, 0.1) is 5.92 Å². The number of hydroxylamine groups is 1. The normalized spacial score (nSPS) is 19.8.